The number of hydrogen-bond acceptors (Lipinski definition) is 8. The van der Waals surface area contributed by atoms with E-state index in [1.807, 2.05) is 160 Å². The van der Waals surface area contributed by atoms with E-state index in [2.05, 4.69) is 34.3 Å². The van der Waals surface area contributed by atoms with Gasteiger partial charge in [-0.1, -0.05) is 146 Å². The summed E-state index contributed by atoms with van der Waals surface area (Å²) in [6, 6.07) is 46.7. The maximum absolute atomic E-state index is 12.9. The van der Waals surface area contributed by atoms with E-state index in [0.29, 0.717) is 70.0 Å². The van der Waals surface area contributed by atoms with Crippen LogP contribution in [-0.2, 0) is 20.6 Å². The third kappa shape index (κ3) is 17.6. The van der Waals surface area contributed by atoms with Crippen LogP contribution in [0.5, 0.6) is 0 Å². The first kappa shape index (κ1) is 69.6. The molecule has 4 amide bonds. The molecule has 13 nitrogen and oxygen atoms in total. The van der Waals surface area contributed by atoms with Crippen molar-refractivity contribution in [3.8, 4) is 0 Å². The summed E-state index contributed by atoms with van der Waals surface area (Å²) in [7, 11) is 3.69. The minimum atomic E-state index is -0.654. The van der Waals surface area contributed by atoms with Crippen LogP contribution in [0.15, 0.2) is 146 Å². The van der Waals surface area contributed by atoms with Gasteiger partial charge < -0.3 is 45.2 Å². The lowest BCUT2D eigenvalue weighted by Gasteiger charge is -2.48. The lowest BCUT2D eigenvalue weighted by atomic mass is 9.76. The van der Waals surface area contributed by atoms with Gasteiger partial charge in [-0.15, -0.1) is 24.8 Å². The zero-order valence-corrected chi connectivity index (χ0v) is 52.6. The molecule has 2 aliphatic rings. The number of ether oxygens (including phenoxy) is 2. The van der Waals surface area contributed by atoms with Crippen molar-refractivity contribution in [3.05, 3.63) is 199 Å². The average Bonchev–Trinajstić information content (AvgIpc) is 3.67. The molecule has 4 unspecified atom stereocenters. The second kappa shape index (κ2) is 33.0. The van der Waals surface area contributed by atoms with Gasteiger partial charge in [0.1, 0.15) is 0 Å². The summed E-state index contributed by atoms with van der Waals surface area (Å²) < 4.78 is 10.6. The third-order valence-electron chi connectivity index (χ3n) is 15.2. The molecule has 19 heteroatoms. The molecule has 0 radical (unpaired) electrons. The van der Waals surface area contributed by atoms with Gasteiger partial charge in [-0.05, 0) is 147 Å². The van der Waals surface area contributed by atoms with Gasteiger partial charge in [-0.25, -0.2) is 9.59 Å². The van der Waals surface area contributed by atoms with E-state index in [-0.39, 0.29) is 67.4 Å². The number of alkyl carbamates (subject to hydrolysis) is 2. The molecular formula is C64H78Cl6N6O7. The lowest BCUT2D eigenvalue weighted by molar-refractivity contribution is 0.0786. The topological polar surface area (TPSA) is 155 Å². The fourth-order valence-electron chi connectivity index (χ4n) is 10.8. The highest BCUT2D eigenvalue weighted by Crippen LogP contribution is 2.47. The van der Waals surface area contributed by atoms with Crippen molar-refractivity contribution in [2.45, 2.75) is 102 Å². The molecule has 0 aromatic heterocycles. The summed E-state index contributed by atoms with van der Waals surface area (Å²) in [4.78, 5) is 59.6. The fraction of sp³-hybridized carbons (Fsp3) is 0.375. The molecule has 2 aliphatic heterocycles. The van der Waals surface area contributed by atoms with Crippen LogP contribution >= 0.6 is 71.2 Å². The number of piperidine rings is 2. The first-order chi connectivity index (χ1) is 38.5. The van der Waals surface area contributed by atoms with Crippen molar-refractivity contribution in [2.75, 3.05) is 63.3 Å². The van der Waals surface area contributed by atoms with Crippen LogP contribution in [0.25, 0.3) is 0 Å². The summed E-state index contributed by atoms with van der Waals surface area (Å²) in [5.74, 6) is 0.0304. The van der Waals surface area contributed by atoms with E-state index >= 15 is 0 Å². The van der Waals surface area contributed by atoms with Crippen molar-refractivity contribution in [1.29, 1.82) is 0 Å². The third-order valence-corrected chi connectivity index (χ3v) is 16.7. The average molecular weight is 1260 g/mol. The first-order valence-electron chi connectivity index (χ1n) is 27.7. The van der Waals surface area contributed by atoms with Gasteiger partial charge in [-0.3, -0.25) is 9.59 Å². The van der Waals surface area contributed by atoms with Crippen molar-refractivity contribution < 1.29 is 34.1 Å². The largest absolute Gasteiger partial charge is 0.450 e. The summed E-state index contributed by atoms with van der Waals surface area (Å²) in [5, 5.41) is 8.34. The number of amides is 4. The zero-order chi connectivity index (χ0) is 57.4. The number of halogens is 6. The Morgan fingerprint density at radius 1 is 0.518 bits per heavy atom. The molecule has 83 heavy (non-hydrogen) atoms. The van der Waals surface area contributed by atoms with Crippen molar-refractivity contribution in [3.63, 3.8) is 0 Å². The number of unbranched alkanes of at least 4 members (excludes halogenated alkanes) is 2. The van der Waals surface area contributed by atoms with Gasteiger partial charge in [0, 0.05) is 62.8 Å². The second-order valence-electron chi connectivity index (χ2n) is 20.5. The number of rotatable bonds is 18. The molecule has 8 rings (SSSR count). The monoisotopic (exact) mass is 1250 g/mol. The normalized spacial score (nSPS) is 18.0. The van der Waals surface area contributed by atoms with Crippen molar-refractivity contribution >= 4 is 107 Å². The van der Waals surface area contributed by atoms with E-state index in [4.69, 9.17) is 55.9 Å². The first-order valence-corrected chi connectivity index (χ1v) is 29.2. The van der Waals surface area contributed by atoms with Crippen LogP contribution in [0, 0.1) is 0 Å². The van der Waals surface area contributed by atoms with Crippen LogP contribution in [0.1, 0.15) is 134 Å². The fourth-order valence-corrected chi connectivity index (χ4v) is 11.4. The molecule has 4 atom stereocenters. The number of carbonyl (C=O) groups is 4. The van der Waals surface area contributed by atoms with Gasteiger partial charge in [0.15, 0.2) is 0 Å². The molecule has 0 aliphatic carbocycles. The number of carbonyl (C=O) groups excluding carboxylic acids is 4. The van der Waals surface area contributed by atoms with E-state index in [0.717, 1.165) is 72.4 Å². The summed E-state index contributed by atoms with van der Waals surface area (Å²) >= 11 is 25.5. The Balaban J connectivity index is 0.000000344. The van der Waals surface area contributed by atoms with Crippen LogP contribution in [0.3, 0.4) is 0 Å². The quantitative estimate of drug-likeness (QED) is 0.0862. The van der Waals surface area contributed by atoms with Crippen LogP contribution < -0.4 is 20.4 Å². The summed E-state index contributed by atoms with van der Waals surface area (Å²) in [6.45, 7) is 11.2. The number of anilines is 2. The van der Waals surface area contributed by atoms with Crippen molar-refractivity contribution in [1.82, 2.24) is 20.4 Å². The second-order valence-corrected chi connectivity index (χ2v) is 22.1. The molecule has 0 saturated carbocycles. The zero-order valence-electron chi connectivity index (χ0n) is 48.0. The Labute approximate surface area is 522 Å². The molecule has 2 fully saturated rings. The lowest BCUT2D eigenvalue weighted by Crippen LogP contribution is -2.54. The van der Waals surface area contributed by atoms with Crippen LogP contribution in [0.4, 0.5) is 21.0 Å². The maximum atomic E-state index is 12.9. The smallest absolute Gasteiger partial charge is 0.407 e. The number of benzene rings is 6. The molecular weight excluding hydrogens is 1180 g/mol. The summed E-state index contributed by atoms with van der Waals surface area (Å²) in [5.41, 5.74) is 5.99. The van der Waals surface area contributed by atoms with E-state index in [1.54, 1.807) is 23.6 Å². The molecule has 6 aromatic carbocycles. The van der Waals surface area contributed by atoms with Crippen molar-refractivity contribution in [2.24, 2.45) is 0 Å². The van der Waals surface area contributed by atoms with E-state index in [9.17, 15) is 19.2 Å². The predicted octanol–water partition coefficient (Wildman–Crippen LogP) is 15.7. The van der Waals surface area contributed by atoms with Crippen LogP contribution in [-0.4, -0.2) is 92.8 Å². The van der Waals surface area contributed by atoms with Gasteiger partial charge in [0.2, 0.25) is 0 Å². The van der Waals surface area contributed by atoms with Gasteiger partial charge in [0.25, 0.3) is 11.8 Å². The van der Waals surface area contributed by atoms with Gasteiger partial charge in [0.05, 0.1) is 56.5 Å². The molecule has 4 N–H and O–H groups in total. The number of nitrogens with one attached hydrogen (secondary N) is 2. The standard InChI is InChI=1S/2C32H37Cl2N3O3.2ClH.H2O/c2*1-4-6-19-36(3)30(38)23-12-15-26(16-13-23)37-20-18-32(35-31(39)40-5-2,25-10-8-7-9-11-25)22-29(37)24-14-17-27(33)28(34)21-24;;;/h2*7-17,21,29H,4-6,18-20,22H2,1-3H3,(H,35,39);2*1H;1H2. The van der Waals surface area contributed by atoms with Crippen LogP contribution in [0.2, 0.25) is 20.1 Å². The molecule has 2 saturated heterocycles. The Morgan fingerprint density at radius 2 is 0.867 bits per heavy atom. The predicted molar refractivity (Wildman–Crippen MR) is 343 cm³/mol. The highest BCUT2D eigenvalue weighted by molar-refractivity contribution is 6.42. The minimum Gasteiger partial charge on any atom is -0.450 e. The number of hydrogen-bond donors (Lipinski definition) is 2. The number of nitrogens with zero attached hydrogens (tertiary/aromatic N) is 4. The Bertz CT molecular complexity index is 2820. The van der Waals surface area contributed by atoms with E-state index < -0.39 is 23.3 Å². The molecule has 6 aromatic rings. The van der Waals surface area contributed by atoms with E-state index in [1.165, 1.54) is 0 Å². The minimum absolute atomic E-state index is 0. The molecule has 2 heterocycles. The summed E-state index contributed by atoms with van der Waals surface area (Å²) in [6.07, 6.45) is 5.62. The molecule has 0 bridgehead atoms. The van der Waals surface area contributed by atoms with Gasteiger partial charge >= 0.3 is 12.2 Å². The maximum Gasteiger partial charge on any atom is 0.407 e. The molecule has 0 spiro atoms. The Hall–Kier alpha value is -5.90. The highest BCUT2D eigenvalue weighted by Gasteiger charge is 2.45. The Kier molecular flexibility index (Phi) is 27.6. The highest BCUT2D eigenvalue weighted by atomic mass is 35.5. The Morgan fingerprint density at radius 3 is 1.18 bits per heavy atom. The van der Waals surface area contributed by atoms with Gasteiger partial charge in [-0.2, -0.15) is 0 Å². The molecule has 448 valence electrons. The SMILES string of the molecule is CCCCN(C)C(=O)c1ccc(N2CCC(NC(=O)OCC)(c3ccccc3)CC2c2ccc(Cl)c(Cl)c2)cc1.CCCCN(C)C(=O)c1ccc(N2CCC(NC(=O)OCC)(c3ccccc3)CC2c2ccc(Cl)c(Cl)c2)cc1.Cl.Cl.O.